The van der Waals surface area contributed by atoms with E-state index in [-0.39, 0.29) is 21.9 Å². The minimum absolute atomic E-state index is 0.0839. The fourth-order valence-corrected chi connectivity index (χ4v) is 3.46. The number of nitrogens with zero attached hydrogens (tertiary/aromatic N) is 1. The molecular weight excluding hydrogens is 436 g/mol. The van der Waals surface area contributed by atoms with E-state index in [0.29, 0.717) is 22.6 Å². The zero-order valence-corrected chi connectivity index (χ0v) is 17.3. The number of carboxylic acids is 1. The van der Waals surface area contributed by atoms with Crippen LogP contribution in [0, 0.1) is 6.92 Å². The van der Waals surface area contributed by atoms with Crippen LogP contribution in [0.3, 0.4) is 0 Å². The highest BCUT2D eigenvalue weighted by molar-refractivity contribution is 6.39. The molecule has 4 amide bonds. The first kappa shape index (κ1) is 21.1. The number of carbonyl (C=O) groups is 4. The third-order valence-electron chi connectivity index (χ3n) is 4.85. The molecule has 4 rings (SSSR count). The van der Waals surface area contributed by atoms with E-state index in [0.717, 1.165) is 4.90 Å². The summed E-state index contributed by atoms with van der Waals surface area (Å²) in [5.74, 6) is -2.33. The number of benzene rings is 2. The van der Waals surface area contributed by atoms with Gasteiger partial charge in [0, 0.05) is 5.56 Å². The summed E-state index contributed by atoms with van der Waals surface area (Å²) < 4.78 is 5.69. The Labute approximate surface area is 186 Å². The van der Waals surface area contributed by atoms with Crippen LogP contribution >= 0.6 is 11.6 Å². The lowest BCUT2D eigenvalue weighted by Gasteiger charge is -2.27. The lowest BCUT2D eigenvalue weighted by molar-refractivity contribution is -0.122. The predicted octanol–water partition coefficient (Wildman–Crippen LogP) is 4.27. The number of anilines is 1. The Bertz CT molecular complexity index is 1320. The highest BCUT2D eigenvalue weighted by atomic mass is 35.5. The third kappa shape index (κ3) is 3.79. The molecule has 2 heterocycles. The van der Waals surface area contributed by atoms with Crippen molar-refractivity contribution in [2.75, 3.05) is 4.90 Å². The van der Waals surface area contributed by atoms with Crippen LogP contribution in [-0.4, -0.2) is 28.9 Å². The summed E-state index contributed by atoms with van der Waals surface area (Å²) in [6.07, 6.45) is 1.23. The van der Waals surface area contributed by atoms with Gasteiger partial charge in [0.2, 0.25) is 0 Å². The molecule has 1 aliphatic heterocycles. The number of hydrogen-bond donors (Lipinski definition) is 2. The van der Waals surface area contributed by atoms with E-state index in [1.54, 1.807) is 43.3 Å². The molecule has 1 aliphatic rings. The molecule has 8 nitrogen and oxygen atoms in total. The van der Waals surface area contributed by atoms with Crippen LogP contribution in [0.2, 0.25) is 5.02 Å². The van der Waals surface area contributed by atoms with Gasteiger partial charge in [0.15, 0.2) is 0 Å². The number of nitrogens with one attached hydrogen (secondary N) is 1. The van der Waals surface area contributed by atoms with Crippen LogP contribution in [0.15, 0.2) is 64.6 Å². The molecule has 0 unspecified atom stereocenters. The summed E-state index contributed by atoms with van der Waals surface area (Å²) >= 11 is 5.90. The molecule has 0 aliphatic carbocycles. The van der Waals surface area contributed by atoms with E-state index in [1.807, 2.05) is 0 Å². The Kier molecular flexibility index (Phi) is 5.38. The van der Waals surface area contributed by atoms with Crippen LogP contribution in [0.5, 0.6) is 0 Å². The standard InChI is InChI=1S/C23H15ClN2O6/c1-12-4-2-3-5-18(12)26-21(28)16(20(27)25-23(26)31)11-14-7-9-19(32-14)13-6-8-17(24)15(10-13)22(29)30/h2-11H,1H3,(H,29,30)(H,25,27,31)/b16-11-. The van der Waals surface area contributed by atoms with Crippen molar-refractivity contribution in [1.82, 2.24) is 5.32 Å². The number of para-hydroxylation sites is 1. The SMILES string of the molecule is Cc1ccccc1N1C(=O)NC(=O)/C(=C/c2ccc(-c3ccc(Cl)c(C(=O)O)c3)o2)C1=O. The molecule has 3 aromatic rings. The Morgan fingerprint density at radius 3 is 2.56 bits per heavy atom. The largest absolute Gasteiger partial charge is 0.478 e. The normalized spacial score (nSPS) is 15.2. The Morgan fingerprint density at radius 1 is 1.09 bits per heavy atom. The first-order chi connectivity index (χ1) is 15.3. The smallest absolute Gasteiger partial charge is 0.337 e. The maximum Gasteiger partial charge on any atom is 0.337 e. The van der Waals surface area contributed by atoms with Gasteiger partial charge in [-0.3, -0.25) is 14.9 Å². The summed E-state index contributed by atoms with van der Waals surface area (Å²) in [5.41, 5.74) is 1.12. The van der Waals surface area contributed by atoms with Crippen LogP contribution in [0.4, 0.5) is 10.5 Å². The molecule has 0 bridgehead atoms. The topological polar surface area (TPSA) is 117 Å². The van der Waals surface area contributed by atoms with Gasteiger partial charge >= 0.3 is 12.0 Å². The van der Waals surface area contributed by atoms with Gasteiger partial charge in [0.1, 0.15) is 17.1 Å². The number of aryl methyl sites for hydroxylation is 1. The predicted molar refractivity (Wildman–Crippen MR) is 116 cm³/mol. The van der Waals surface area contributed by atoms with Crippen LogP contribution < -0.4 is 10.2 Å². The molecule has 0 saturated carbocycles. The van der Waals surface area contributed by atoms with Gasteiger partial charge in [-0.15, -0.1) is 0 Å². The van der Waals surface area contributed by atoms with Gasteiger partial charge in [0.25, 0.3) is 11.8 Å². The number of barbiturate groups is 1. The number of carboxylic acid groups (broad SMARTS) is 1. The van der Waals surface area contributed by atoms with E-state index in [9.17, 15) is 24.3 Å². The molecule has 9 heteroatoms. The lowest BCUT2D eigenvalue weighted by atomic mass is 10.1. The molecule has 0 radical (unpaired) electrons. The van der Waals surface area contributed by atoms with Crippen LogP contribution in [0.1, 0.15) is 21.7 Å². The van der Waals surface area contributed by atoms with E-state index in [4.69, 9.17) is 16.0 Å². The Balaban J connectivity index is 1.69. The van der Waals surface area contributed by atoms with Crippen molar-refractivity contribution in [2.24, 2.45) is 0 Å². The molecule has 1 saturated heterocycles. The Hall–Kier alpha value is -4.17. The Morgan fingerprint density at radius 2 is 1.84 bits per heavy atom. The van der Waals surface area contributed by atoms with Gasteiger partial charge in [-0.2, -0.15) is 0 Å². The molecular formula is C23H15ClN2O6. The van der Waals surface area contributed by atoms with E-state index >= 15 is 0 Å². The fourth-order valence-electron chi connectivity index (χ4n) is 3.26. The number of aromatic carboxylic acids is 1. The quantitative estimate of drug-likeness (QED) is 0.452. The first-order valence-corrected chi connectivity index (χ1v) is 9.74. The maximum absolute atomic E-state index is 13.0. The number of hydrogen-bond acceptors (Lipinski definition) is 5. The third-order valence-corrected chi connectivity index (χ3v) is 5.18. The lowest BCUT2D eigenvalue weighted by Crippen LogP contribution is -2.54. The molecule has 0 atom stereocenters. The minimum Gasteiger partial charge on any atom is -0.478 e. The summed E-state index contributed by atoms with van der Waals surface area (Å²) in [6, 6.07) is 13.4. The van der Waals surface area contributed by atoms with Crippen molar-refractivity contribution in [2.45, 2.75) is 6.92 Å². The second-order valence-corrected chi connectivity index (χ2v) is 7.35. The molecule has 2 N–H and O–H groups in total. The molecule has 1 fully saturated rings. The van der Waals surface area contributed by atoms with Crippen molar-refractivity contribution in [1.29, 1.82) is 0 Å². The first-order valence-electron chi connectivity index (χ1n) is 9.36. The highest BCUT2D eigenvalue weighted by Gasteiger charge is 2.37. The van der Waals surface area contributed by atoms with E-state index < -0.39 is 23.8 Å². The van der Waals surface area contributed by atoms with Gasteiger partial charge in [-0.05, 0) is 55.0 Å². The average Bonchev–Trinajstić information content (AvgIpc) is 3.21. The van der Waals surface area contributed by atoms with Gasteiger partial charge in [-0.25, -0.2) is 14.5 Å². The van der Waals surface area contributed by atoms with Gasteiger partial charge < -0.3 is 9.52 Å². The molecule has 32 heavy (non-hydrogen) atoms. The summed E-state index contributed by atoms with van der Waals surface area (Å²) in [4.78, 5) is 49.9. The zero-order chi connectivity index (χ0) is 23.0. The summed E-state index contributed by atoms with van der Waals surface area (Å²) in [7, 11) is 0. The zero-order valence-electron chi connectivity index (χ0n) is 16.6. The average molecular weight is 451 g/mol. The van der Waals surface area contributed by atoms with Crippen LogP contribution in [-0.2, 0) is 9.59 Å². The molecule has 160 valence electrons. The highest BCUT2D eigenvalue weighted by Crippen LogP contribution is 2.29. The summed E-state index contributed by atoms with van der Waals surface area (Å²) in [5, 5.41) is 11.5. The summed E-state index contributed by atoms with van der Waals surface area (Å²) in [6.45, 7) is 1.74. The number of urea groups is 1. The maximum atomic E-state index is 13.0. The van der Waals surface area contributed by atoms with Crippen molar-refractivity contribution < 1.29 is 28.7 Å². The molecule has 0 spiro atoms. The monoisotopic (exact) mass is 450 g/mol. The van der Waals surface area contributed by atoms with E-state index in [2.05, 4.69) is 5.32 Å². The van der Waals surface area contributed by atoms with Crippen molar-refractivity contribution in [3.63, 3.8) is 0 Å². The number of halogens is 1. The second-order valence-electron chi connectivity index (χ2n) is 6.95. The molecule has 1 aromatic heterocycles. The number of rotatable bonds is 4. The number of carbonyl (C=O) groups excluding carboxylic acids is 3. The minimum atomic E-state index is -1.18. The number of furan rings is 1. The second kappa shape index (κ2) is 8.16. The fraction of sp³-hybridized carbons (Fsp3) is 0.0435. The molecule has 2 aromatic carbocycles. The number of amides is 4. The van der Waals surface area contributed by atoms with Crippen LogP contribution in [0.25, 0.3) is 17.4 Å². The van der Waals surface area contributed by atoms with Crippen molar-refractivity contribution >= 4 is 47.2 Å². The van der Waals surface area contributed by atoms with E-state index in [1.165, 1.54) is 24.3 Å². The number of imide groups is 2. The van der Waals surface area contributed by atoms with Crippen molar-refractivity contribution in [3.05, 3.63) is 82.1 Å². The van der Waals surface area contributed by atoms with Gasteiger partial charge in [-0.1, -0.05) is 29.8 Å². The van der Waals surface area contributed by atoms with Crippen molar-refractivity contribution in [3.8, 4) is 11.3 Å². The van der Waals surface area contributed by atoms with Gasteiger partial charge in [0.05, 0.1) is 16.3 Å².